The minimum atomic E-state index is -1.63. The predicted molar refractivity (Wildman–Crippen MR) is 186 cm³/mol. The van der Waals surface area contributed by atoms with Gasteiger partial charge < -0.3 is 18.9 Å². The first-order valence-electron chi connectivity index (χ1n) is 15.7. The monoisotopic (exact) mass is 782 g/mol. The van der Waals surface area contributed by atoms with E-state index in [0.717, 1.165) is 63.5 Å². The van der Waals surface area contributed by atoms with Crippen LogP contribution in [0.2, 0.25) is 30.1 Å². The number of carbonyl (C=O) groups excluding carboxylic acids is 4. The third-order valence-electron chi connectivity index (χ3n) is 9.52. The lowest BCUT2D eigenvalue weighted by Gasteiger charge is -2.23. The van der Waals surface area contributed by atoms with Gasteiger partial charge in [0.15, 0.2) is 11.5 Å². The lowest BCUT2D eigenvalue weighted by atomic mass is 9.88. The highest BCUT2D eigenvalue weighted by Crippen LogP contribution is 2.55. The van der Waals surface area contributed by atoms with Crippen molar-refractivity contribution in [1.82, 2.24) is 0 Å². The molecule has 2 aromatic carbocycles. The molecule has 8 nitrogen and oxygen atoms in total. The van der Waals surface area contributed by atoms with Crippen molar-refractivity contribution in [2.45, 2.75) is 79.1 Å². The van der Waals surface area contributed by atoms with E-state index in [9.17, 15) is 19.2 Å². The number of esters is 4. The van der Waals surface area contributed by atoms with Crippen LogP contribution >= 0.6 is 69.6 Å². The van der Waals surface area contributed by atoms with Gasteiger partial charge >= 0.3 is 23.9 Å². The summed E-state index contributed by atoms with van der Waals surface area (Å²) in [6.45, 7) is 8.59. The van der Waals surface area contributed by atoms with Gasteiger partial charge in [0.1, 0.15) is 11.1 Å². The number of carbonyl (C=O) groups is 4. The van der Waals surface area contributed by atoms with Crippen LogP contribution in [-0.2, 0) is 19.1 Å². The van der Waals surface area contributed by atoms with Crippen molar-refractivity contribution < 1.29 is 38.1 Å². The highest BCUT2D eigenvalue weighted by atomic mass is 35.5. The normalized spacial score (nSPS) is 16.8. The summed E-state index contributed by atoms with van der Waals surface area (Å²) in [6, 6.07) is 2.28. The summed E-state index contributed by atoms with van der Waals surface area (Å²) in [5.74, 6) is -5.67. The summed E-state index contributed by atoms with van der Waals surface area (Å²) in [6.07, 6.45) is 7.47. The molecule has 0 N–H and O–H groups in total. The van der Waals surface area contributed by atoms with Crippen LogP contribution < -0.4 is 9.47 Å². The van der Waals surface area contributed by atoms with Gasteiger partial charge in [-0.05, 0) is 49.7 Å². The van der Waals surface area contributed by atoms with Gasteiger partial charge in [0.2, 0.25) is 0 Å². The van der Waals surface area contributed by atoms with Gasteiger partial charge in [-0.15, -0.1) is 0 Å². The maximum atomic E-state index is 13.3. The van der Waals surface area contributed by atoms with E-state index in [1.165, 1.54) is 0 Å². The van der Waals surface area contributed by atoms with E-state index in [-0.39, 0.29) is 54.2 Å². The first kappa shape index (κ1) is 38.9. The molecular formula is C34H36Cl6O8. The van der Waals surface area contributed by atoms with Gasteiger partial charge in [-0.25, -0.2) is 19.2 Å². The Morgan fingerprint density at radius 2 is 0.958 bits per heavy atom. The fourth-order valence-corrected chi connectivity index (χ4v) is 7.35. The Labute approximate surface area is 309 Å². The Balaban J connectivity index is 1.54. The number of hydrogen-bond acceptors (Lipinski definition) is 8. The second-order valence-electron chi connectivity index (χ2n) is 12.8. The van der Waals surface area contributed by atoms with Gasteiger partial charge in [-0.2, -0.15) is 0 Å². The van der Waals surface area contributed by atoms with Crippen molar-refractivity contribution in [2.75, 3.05) is 13.2 Å². The van der Waals surface area contributed by atoms with Crippen molar-refractivity contribution in [3.63, 3.8) is 0 Å². The average molecular weight is 785 g/mol. The molecule has 2 unspecified atom stereocenters. The van der Waals surface area contributed by atoms with Crippen LogP contribution in [0.1, 0.15) is 99.8 Å². The van der Waals surface area contributed by atoms with Gasteiger partial charge in [0.05, 0.1) is 43.3 Å². The van der Waals surface area contributed by atoms with Gasteiger partial charge in [-0.3, -0.25) is 0 Å². The molecule has 0 aromatic heterocycles. The summed E-state index contributed by atoms with van der Waals surface area (Å²) in [7, 11) is 0. The highest BCUT2D eigenvalue weighted by molar-refractivity contribution is 6.47. The van der Waals surface area contributed by atoms with Crippen LogP contribution in [0.15, 0.2) is 12.1 Å². The molecule has 2 aromatic rings. The zero-order valence-electron chi connectivity index (χ0n) is 26.9. The first-order valence-corrected chi connectivity index (χ1v) is 18.0. The van der Waals surface area contributed by atoms with Crippen LogP contribution in [0.5, 0.6) is 11.5 Å². The summed E-state index contributed by atoms with van der Waals surface area (Å²) in [4.78, 5) is 52.8. The van der Waals surface area contributed by atoms with Crippen molar-refractivity contribution in [3.8, 4) is 11.5 Å². The van der Waals surface area contributed by atoms with Crippen molar-refractivity contribution in [2.24, 2.45) is 22.7 Å². The Morgan fingerprint density at radius 3 is 1.25 bits per heavy atom. The van der Waals surface area contributed by atoms with Crippen LogP contribution in [0, 0.1) is 22.7 Å². The van der Waals surface area contributed by atoms with E-state index in [1.807, 2.05) is 0 Å². The first-order chi connectivity index (χ1) is 22.6. The molecule has 2 aliphatic rings. The number of rotatable bonds is 14. The lowest BCUT2D eigenvalue weighted by Crippen LogP contribution is -2.28. The molecule has 0 aliphatic heterocycles. The maximum Gasteiger partial charge on any atom is 0.423 e. The smallest absolute Gasteiger partial charge is 0.423 e. The second-order valence-corrected chi connectivity index (χ2v) is 15.1. The molecule has 4 rings (SSSR count). The average Bonchev–Trinajstić information content (AvgIpc) is 3.97. The largest absolute Gasteiger partial charge is 0.461 e. The predicted octanol–water partition coefficient (Wildman–Crippen LogP) is 10.9. The number of hydrogen-bond donors (Lipinski definition) is 0. The van der Waals surface area contributed by atoms with Crippen LogP contribution in [0.25, 0.3) is 0 Å². The molecule has 0 heterocycles. The molecule has 0 radical (unpaired) electrons. The van der Waals surface area contributed by atoms with Gasteiger partial charge in [0, 0.05) is 10.8 Å². The SMILES string of the molecule is CCCC(C)C1(COC(=O)c2c(Cl)c(Cl)cc(Cl)c2OC(=O)C(=O)Oc2c(Cl)cc(Cl)c(Cl)c2C(=O)OCC2(C(C)CCC)CC2)CC1. The van der Waals surface area contributed by atoms with E-state index < -0.39 is 46.5 Å². The van der Waals surface area contributed by atoms with E-state index in [0.29, 0.717) is 11.8 Å². The molecular weight excluding hydrogens is 749 g/mol. The third-order valence-corrected chi connectivity index (χ3v) is 11.7. The third kappa shape index (κ3) is 8.50. The minimum absolute atomic E-state index is 0.107. The Hall–Kier alpha value is -1.94. The molecule has 0 bridgehead atoms. The highest BCUT2D eigenvalue weighted by Gasteiger charge is 2.49. The van der Waals surface area contributed by atoms with E-state index in [2.05, 4.69) is 27.7 Å². The van der Waals surface area contributed by atoms with E-state index >= 15 is 0 Å². The van der Waals surface area contributed by atoms with Gasteiger partial charge in [0.25, 0.3) is 0 Å². The second kappa shape index (κ2) is 15.9. The molecule has 14 heteroatoms. The zero-order chi connectivity index (χ0) is 35.6. The van der Waals surface area contributed by atoms with E-state index in [4.69, 9.17) is 88.6 Å². The molecule has 0 amide bonds. The van der Waals surface area contributed by atoms with E-state index in [1.54, 1.807) is 0 Å². The fraction of sp³-hybridized carbons (Fsp3) is 0.529. The number of benzene rings is 2. The Kier molecular flexibility index (Phi) is 12.9. The Bertz CT molecular complexity index is 1480. The van der Waals surface area contributed by atoms with Crippen molar-refractivity contribution >= 4 is 93.5 Å². The fourth-order valence-electron chi connectivity index (χ4n) is 5.91. The molecule has 262 valence electrons. The quantitative estimate of drug-likeness (QED) is 0.0807. The maximum absolute atomic E-state index is 13.3. The molecule has 2 aliphatic carbocycles. The Morgan fingerprint density at radius 1 is 0.625 bits per heavy atom. The summed E-state index contributed by atoms with van der Waals surface area (Å²) in [5, 5.41) is -1.43. The molecule has 2 atom stereocenters. The minimum Gasteiger partial charge on any atom is -0.461 e. The summed E-state index contributed by atoms with van der Waals surface area (Å²) < 4.78 is 21.7. The topological polar surface area (TPSA) is 105 Å². The summed E-state index contributed by atoms with van der Waals surface area (Å²) in [5.41, 5.74) is -1.21. The standard InChI is InChI=1S/C34H36Cl6O8/c1-5-7-17(3)33(9-10-33)15-45-29(41)23-25(39)19(35)13-21(37)27(23)47-31(43)32(44)48-28-22(38)14-20(36)26(40)24(28)30(42)46-16-34(11-12-34)18(4)8-6-2/h13-14,17-18H,5-12,15-16H2,1-4H3. The lowest BCUT2D eigenvalue weighted by molar-refractivity contribution is -0.156. The molecule has 2 fully saturated rings. The summed E-state index contributed by atoms with van der Waals surface area (Å²) >= 11 is 37.7. The molecule has 2 saturated carbocycles. The van der Waals surface area contributed by atoms with Gasteiger partial charge in [-0.1, -0.05) is 123 Å². The van der Waals surface area contributed by atoms with Crippen LogP contribution in [0.3, 0.4) is 0 Å². The molecule has 0 saturated heterocycles. The van der Waals surface area contributed by atoms with Crippen molar-refractivity contribution in [3.05, 3.63) is 53.4 Å². The molecule has 0 spiro atoms. The zero-order valence-corrected chi connectivity index (χ0v) is 31.4. The van der Waals surface area contributed by atoms with Crippen LogP contribution in [-0.4, -0.2) is 37.1 Å². The number of halogens is 6. The number of ether oxygens (including phenoxy) is 4. The van der Waals surface area contributed by atoms with Crippen molar-refractivity contribution in [1.29, 1.82) is 0 Å². The molecule has 48 heavy (non-hydrogen) atoms. The van der Waals surface area contributed by atoms with Crippen LogP contribution in [0.4, 0.5) is 0 Å².